The average molecular weight is 343 g/mol. The van der Waals surface area contributed by atoms with Crippen LogP contribution in [0.4, 0.5) is 21.0 Å². The molecule has 9 heteroatoms. The van der Waals surface area contributed by atoms with Crippen molar-refractivity contribution in [3.63, 3.8) is 0 Å². The zero-order chi connectivity index (χ0) is 17.8. The van der Waals surface area contributed by atoms with Gasteiger partial charge in [-0.2, -0.15) is 0 Å². The van der Waals surface area contributed by atoms with Gasteiger partial charge in [0.05, 0.1) is 12.0 Å². The number of benzene rings is 1. The van der Waals surface area contributed by atoms with Gasteiger partial charge in [-0.1, -0.05) is 18.2 Å². The highest BCUT2D eigenvalue weighted by Crippen LogP contribution is 2.42. The van der Waals surface area contributed by atoms with Crippen LogP contribution in [0.2, 0.25) is 0 Å². The van der Waals surface area contributed by atoms with Crippen LogP contribution < -0.4 is 15.0 Å². The number of para-hydroxylation sites is 1. The number of carbonyl (C=O) groups excluding carboxylic acids is 1. The summed E-state index contributed by atoms with van der Waals surface area (Å²) < 4.78 is 15.1. The van der Waals surface area contributed by atoms with Crippen LogP contribution in [0.3, 0.4) is 0 Å². The van der Waals surface area contributed by atoms with Crippen LogP contribution in [0, 0.1) is 0 Å². The van der Waals surface area contributed by atoms with E-state index in [9.17, 15) is 9.59 Å². The highest BCUT2D eigenvalue weighted by Gasteiger charge is 2.32. The van der Waals surface area contributed by atoms with Gasteiger partial charge in [-0.25, -0.2) is 9.59 Å². The molecule has 0 unspecified atom stereocenters. The summed E-state index contributed by atoms with van der Waals surface area (Å²) in [5, 5.41) is 15.0. The van der Waals surface area contributed by atoms with Crippen molar-refractivity contribution < 1.29 is 28.4 Å². The Kier molecular flexibility index (Phi) is 4.38. The molecule has 2 N–H and O–H groups in total. The monoisotopic (exact) mass is 343 g/mol. The zero-order valence-electron chi connectivity index (χ0n) is 13.0. The lowest BCUT2D eigenvalue weighted by atomic mass is 10.2. The summed E-state index contributed by atoms with van der Waals surface area (Å²) >= 11 is 0. The third-order valence-corrected chi connectivity index (χ3v) is 3.22. The summed E-state index contributed by atoms with van der Waals surface area (Å²) in [4.78, 5) is 24.6. The molecule has 0 atom stereocenters. The van der Waals surface area contributed by atoms with Gasteiger partial charge < -0.3 is 24.1 Å². The number of nitrogens with zero attached hydrogens (tertiary/aromatic N) is 2. The first-order valence-electron chi connectivity index (χ1n) is 7.13. The van der Waals surface area contributed by atoms with Crippen molar-refractivity contribution in [1.82, 2.24) is 10.5 Å². The second-order valence-electron chi connectivity index (χ2n) is 4.74. The molecule has 0 saturated heterocycles. The third kappa shape index (κ3) is 3.15. The fraction of sp³-hybridized carbons (Fsp3) is 0.0625. The summed E-state index contributed by atoms with van der Waals surface area (Å²) in [6.07, 6.45) is -0.183. The zero-order valence-corrected chi connectivity index (χ0v) is 13.0. The van der Waals surface area contributed by atoms with Gasteiger partial charge in [-0.15, -0.1) is 0 Å². The first kappa shape index (κ1) is 16.1. The van der Waals surface area contributed by atoms with Crippen molar-refractivity contribution in [2.24, 2.45) is 0 Å². The van der Waals surface area contributed by atoms with E-state index in [1.165, 1.54) is 18.2 Å². The minimum Gasteiger partial charge on any atom is -0.461 e. The van der Waals surface area contributed by atoms with E-state index in [1.54, 1.807) is 42.5 Å². The highest BCUT2D eigenvalue weighted by molar-refractivity contribution is 6.03. The predicted octanol–water partition coefficient (Wildman–Crippen LogP) is 3.47. The molecular weight excluding hydrogens is 330 g/mol. The van der Waals surface area contributed by atoms with Gasteiger partial charge >= 0.3 is 12.2 Å². The van der Waals surface area contributed by atoms with Crippen LogP contribution in [0.25, 0.3) is 11.5 Å². The summed E-state index contributed by atoms with van der Waals surface area (Å²) in [5.41, 5.74) is 0.455. The molecule has 2 aromatic heterocycles. The van der Waals surface area contributed by atoms with Gasteiger partial charge in [0.1, 0.15) is 0 Å². The number of nitrogens with one attached hydrogen (secondary N) is 1. The molecule has 0 fully saturated rings. The lowest BCUT2D eigenvalue weighted by Crippen LogP contribution is -2.34. The Balaban J connectivity index is 2.21. The highest BCUT2D eigenvalue weighted by atomic mass is 16.7. The van der Waals surface area contributed by atoms with E-state index < -0.39 is 12.2 Å². The van der Waals surface area contributed by atoms with E-state index in [4.69, 9.17) is 14.0 Å². The molecule has 0 aliphatic rings. The molecule has 128 valence electrons. The summed E-state index contributed by atoms with van der Waals surface area (Å²) in [5.74, 6) is -0.0763. The Morgan fingerprint density at radius 3 is 2.56 bits per heavy atom. The fourth-order valence-corrected chi connectivity index (χ4v) is 2.22. The lowest BCUT2D eigenvalue weighted by molar-refractivity contribution is 0.140. The molecule has 9 nitrogen and oxygen atoms in total. The number of amides is 2. The number of urea groups is 1. The van der Waals surface area contributed by atoms with Crippen LogP contribution in [0.1, 0.15) is 0 Å². The van der Waals surface area contributed by atoms with E-state index in [0.29, 0.717) is 5.69 Å². The van der Waals surface area contributed by atoms with Gasteiger partial charge in [-0.3, -0.25) is 4.90 Å². The SMILES string of the molecule is CNC(=O)N(c1ccccc1)c1c(OC(=O)O)noc1-c1ccco1. The van der Waals surface area contributed by atoms with Crippen LogP contribution in [-0.4, -0.2) is 29.5 Å². The molecular formula is C16H13N3O6. The average Bonchev–Trinajstić information content (AvgIpc) is 3.26. The molecule has 2 amide bonds. The molecule has 0 saturated carbocycles. The molecule has 2 heterocycles. The standard InChI is InChI=1S/C16H13N3O6/c1-17-15(20)19(10-6-3-2-4-7-10)12-13(11-8-5-9-23-11)25-18-14(12)24-16(21)22/h2-9H,1H3,(H,17,20)(H,21,22). The smallest absolute Gasteiger partial charge is 0.461 e. The normalized spacial score (nSPS) is 10.3. The number of hydrogen-bond donors (Lipinski definition) is 2. The van der Waals surface area contributed by atoms with Gasteiger partial charge in [0.25, 0.3) is 5.88 Å². The minimum atomic E-state index is -1.59. The molecule has 1 aromatic carbocycles. The van der Waals surface area contributed by atoms with Crippen LogP contribution in [0.15, 0.2) is 57.7 Å². The van der Waals surface area contributed by atoms with Crippen LogP contribution in [0.5, 0.6) is 5.88 Å². The molecule has 0 radical (unpaired) electrons. The molecule has 0 aliphatic carbocycles. The topological polar surface area (TPSA) is 118 Å². The first-order chi connectivity index (χ1) is 12.1. The predicted molar refractivity (Wildman–Crippen MR) is 85.9 cm³/mol. The van der Waals surface area contributed by atoms with Crippen molar-refractivity contribution in [3.05, 3.63) is 48.7 Å². The number of ether oxygens (including phenoxy) is 1. The number of rotatable bonds is 4. The maximum Gasteiger partial charge on any atom is 0.512 e. The van der Waals surface area contributed by atoms with E-state index in [2.05, 4.69) is 15.2 Å². The molecule has 0 bridgehead atoms. The van der Waals surface area contributed by atoms with Crippen molar-refractivity contribution in [2.75, 3.05) is 11.9 Å². The van der Waals surface area contributed by atoms with Crippen molar-refractivity contribution in [1.29, 1.82) is 0 Å². The van der Waals surface area contributed by atoms with Crippen molar-refractivity contribution in [2.45, 2.75) is 0 Å². The second-order valence-corrected chi connectivity index (χ2v) is 4.74. The van der Waals surface area contributed by atoms with E-state index in [1.807, 2.05) is 0 Å². The minimum absolute atomic E-state index is 0.00269. The number of hydrogen-bond acceptors (Lipinski definition) is 6. The summed E-state index contributed by atoms with van der Waals surface area (Å²) in [6.45, 7) is 0. The van der Waals surface area contributed by atoms with Crippen LogP contribution in [-0.2, 0) is 0 Å². The maximum absolute atomic E-state index is 12.5. The van der Waals surface area contributed by atoms with Crippen LogP contribution >= 0.6 is 0 Å². The number of carbonyl (C=O) groups is 2. The lowest BCUT2D eigenvalue weighted by Gasteiger charge is -2.21. The van der Waals surface area contributed by atoms with Gasteiger partial charge in [-0.05, 0) is 29.4 Å². The largest absolute Gasteiger partial charge is 0.512 e. The molecule has 0 spiro atoms. The number of furan rings is 1. The Hall–Kier alpha value is -3.75. The third-order valence-electron chi connectivity index (χ3n) is 3.22. The quantitative estimate of drug-likeness (QED) is 0.696. The van der Waals surface area contributed by atoms with Crippen molar-refractivity contribution in [3.8, 4) is 17.4 Å². The second kappa shape index (κ2) is 6.79. The van der Waals surface area contributed by atoms with Gasteiger partial charge in [0, 0.05) is 7.05 Å². The molecule has 3 aromatic rings. The van der Waals surface area contributed by atoms with Crippen molar-refractivity contribution >= 4 is 23.6 Å². The molecule has 25 heavy (non-hydrogen) atoms. The first-order valence-corrected chi connectivity index (χ1v) is 7.13. The van der Waals surface area contributed by atoms with Gasteiger partial charge in [0.15, 0.2) is 11.4 Å². The number of aromatic nitrogens is 1. The summed E-state index contributed by atoms with van der Waals surface area (Å²) in [7, 11) is 1.44. The molecule has 0 aliphatic heterocycles. The number of carboxylic acid groups (broad SMARTS) is 1. The van der Waals surface area contributed by atoms with E-state index >= 15 is 0 Å². The maximum atomic E-state index is 12.5. The Morgan fingerprint density at radius 1 is 1.20 bits per heavy atom. The summed E-state index contributed by atoms with van der Waals surface area (Å²) in [6, 6.07) is 11.2. The van der Waals surface area contributed by atoms with E-state index in [-0.39, 0.29) is 23.1 Å². The fourth-order valence-electron chi connectivity index (χ4n) is 2.22. The molecule has 3 rings (SSSR count). The van der Waals surface area contributed by atoms with Gasteiger partial charge in [0.2, 0.25) is 5.76 Å². The van der Waals surface area contributed by atoms with E-state index in [0.717, 1.165) is 0 Å². The number of anilines is 2. The Labute approximate surface area is 141 Å². The Bertz CT molecular complexity index is 873. The Morgan fingerprint density at radius 2 is 1.96 bits per heavy atom.